The molecule has 0 saturated carbocycles. The summed E-state index contributed by atoms with van der Waals surface area (Å²) in [5.74, 6) is 1.05. The minimum atomic E-state index is -0.739. The van der Waals surface area contributed by atoms with Crippen LogP contribution in [0.5, 0.6) is 5.75 Å². The van der Waals surface area contributed by atoms with Gasteiger partial charge in [-0.15, -0.1) is 0 Å². The first kappa shape index (κ1) is 17.1. The van der Waals surface area contributed by atoms with E-state index in [4.69, 9.17) is 4.74 Å². The average molecular weight is 367 g/mol. The third kappa shape index (κ3) is 2.73. The highest BCUT2D eigenvalue weighted by molar-refractivity contribution is 5.93. The topological polar surface area (TPSA) is 115 Å². The molecule has 4 aromatic rings. The molecular formula is C18H17N5O4. The van der Waals surface area contributed by atoms with Crippen molar-refractivity contribution in [2.75, 3.05) is 20.3 Å². The molecule has 0 amide bonds. The van der Waals surface area contributed by atoms with Crippen LogP contribution in [0.2, 0.25) is 0 Å². The van der Waals surface area contributed by atoms with Crippen LogP contribution in [0.3, 0.4) is 0 Å². The highest BCUT2D eigenvalue weighted by atomic mass is 16.5. The van der Waals surface area contributed by atoms with E-state index in [1.807, 2.05) is 12.1 Å². The van der Waals surface area contributed by atoms with E-state index in [9.17, 15) is 15.0 Å². The van der Waals surface area contributed by atoms with E-state index in [0.29, 0.717) is 28.1 Å². The van der Waals surface area contributed by atoms with E-state index in [-0.39, 0.29) is 18.8 Å². The summed E-state index contributed by atoms with van der Waals surface area (Å²) < 4.78 is 8.01. The van der Waals surface area contributed by atoms with Gasteiger partial charge in [-0.1, -0.05) is 0 Å². The molecule has 2 N–H and O–H groups in total. The lowest BCUT2D eigenvalue weighted by Crippen LogP contribution is -2.29. The second kappa shape index (κ2) is 6.78. The molecule has 0 aliphatic carbocycles. The van der Waals surface area contributed by atoms with Gasteiger partial charge in [-0.25, -0.2) is 4.98 Å². The molecule has 0 aliphatic heterocycles. The molecule has 0 atom stereocenters. The molecule has 0 unspecified atom stereocenters. The van der Waals surface area contributed by atoms with Crippen LogP contribution in [0.4, 0.5) is 0 Å². The van der Waals surface area contributed by atoms with Crippen LogP contribution < -0.4 is 10.3 Å². The van der Waals surface area contributed by atoms with Gasteiger partial charge in [0.25, 0.3) is 11.3 Å². The van der Waals surface area contributed by atoms with Gasteiger partial charge in [-0.2, -0.15) is 14.6 Å². The summed E-state index contributed by atoms with van der Waals surface area (Å²) in [6, 6.07) is 8.14. The molecule has 1 aromatic carbocycles. The maximum atomic E-state index is 13.2. The number of fused-ring (bicyclic) bond motifs is 2. The lowest BCUT2D eigenvalue weighted by atomic mass is 10.1. The first-order valence-corrected chi connectivity index (χ1v) is 8.28. The van der Waals surface area contributed by atoms with Crippen molar-refractivity contribution >= 4 is 16.7 Å². The number of hydrogen-bond acceptors (Lipinski definition) is 7. The fourth-order valence-electron chi connectivity index (χ4n) is 3.08. The van der Waals surface area contributed by atoms with Crippen LogP contribution in [0.15, 0.2) is 47.7 Å². The monoisotopic (exact) mass is 367 g/mol. The Hall–Kier alpha value is -3.30. The molecule has 9 nitrogen and oxygen atoms in total. The van der Waals surface area contributed by atoms with Crippen LogP contribution in [-0.2, 0) is 0 Å². The van der Waals surface area contributed by atoms with E-state index in [1.165, 1.54) is 21.6 Å². The summed E-state index contributed by atoms with van der Waals surface area (Å²) >= 11 is 0. The predicted molar refractivity (Wildman–Crippen MR) is 97.7 cm³/mol. The lowest BCUT2D eigenvalue weighted by Gasteiger charge is -2.16. The van der Waals surface area contributed by atoms with Crippen molar-refractivity contribution in [3.8, 4) is 17.0 Å². The highest BCUT2D eigenvalue weighted by Crippen LogP contribution is 2.27. The maximum absolute atomic E-state index is 13.2. The van der Waals surface area contributed by atoms with Crippen LogP contribution in [0.1, 0.15) is 6.04 Å². The van der Waals surface area contributed by atoms with Crippen molar-refractivity contribution < 1.29 is 14.9 Å². The van der Waals surface area contributed by atoms with Crippen molar-refractivity contribution in [3.05, 3.63) is 53.2 Å². The number of hydrogen-bond donors (Lipinski definition) is 2. The van der Waals surface area contributed by atoms with Crippen LogP contribution in [0, 0.1) is 0 Å². The number of nitrogens with zero attached hydrogens (tertiary/aromatic N) is 5. The van der Waals surface area contributed by atoms with E-state index in [2.05, 4.69) is 15.1 Å². The Morgan fingerprint density at radius 1 is 1.15 bits per heavy atom. The molecule has 138 valence electrons. The third-order valence-electron chi connectivity index (χ3n) is 4.47. The average Bonchev–Trinajstić information content (AvgIpc) is 3.17. The second-order valence-electron chi connectivity index (χ2n) is 5.97. The molecule has 0 bridgehead atoms. The van der Waals surface area contributed by atoms with Crippen molar-refractivity contribution in [2.45, 2.75) is 6.04 Å². The number of rotatable bonds is 5. The zero-order valence-electron chi connectivity index (χ0n) is 14.5. The standard InChI is InChI=1S/C18H17N5O4/c1-27-13-4-2-11(3-5-13)16-15-14(21-18-19-10-20-23(16)18)6-7-22(17(15)26)12(8-24)9-25/h2-7,10,12,24-25H,8-9H2,1H3. The van der Waals surface area contributed by atoms with Crippen LogP contribution >= 0.6 is 0 Å². The largest absolute Gasteiger partial charge is 0.497 e. The summed E-state index contributed by atoms with van der Waals surface area (Å²) in [5.41, 5.74) is 1.34. The summed E-state index contributed by atoms with van der Waals surface area (Å²) in [7, 11) is 1.58. The molecule has 9 heteroatoms. The molecule has 27 heavy (non-hydrogen) atoms. The quantitative estimate of drug-likeness (QED) is 0.532. The van der Waals surface area contributed by atoms with E-state index in [1.54, 1.807) is 25.3 Å². The fourth-order valence-corrected chi connectivity index (χ4v) is 3.08. The Morgan fingerprint density at radius 2 is 1.89 bits per heavy atom. The van der Waals surface area contributed by atoms with Gasteiger partial charge < -0.3 is 19.5 Å². The van der Waals surface area contributed by atoms with Crippen molar-refractivity contribution in [1.82, 2.24) is 24.1 Å². The SMILES string of the molecule is COc1ccc(-c2c3c(=O)n(C(CO)CO)ccc3nc3ncnn23)cc1. The number of pyridine rings is 1. The Kier molecular flexibility index (Phi) is 4.30. The minimum Gasteiger partial charge on any atom is -0.497 e. The van der Waals surface area contributed by atoms with Gasteiger partial charge in [0.05, 0.1) is 43.0 Å². The first-order chi connectivity index (χ1) is 13.2. The Labute approximate surface area is 153 Å². The molecule has 0 saturated heterocycles. The highest BCUT2D eigenvalue weighted by Gasteiger charge is 2.19. The molecule has 4 rings (SSSR count). The van der Waals surface area contributed by atoms with E-state index in [0.717, 1.165) is 5.56 Å². The molecule has 0 fully saturated rings. The number of aromatic nitrogens is 5. The number of benzene rings is 1. The molecule has 3 aromatic heterocycles. The van der Waals surface area contributed by atoms with Crippen molar-refractivity contribution in [1.29, 1.82) is 0 Å². The Balaban J connectivity index is 2.10. The first-order valence-electron chi connectivity index (χ1n) is 8.28. The van der Waals surface area contributed by atoms with Gasteiger partial charge >= 0.3 is 0 Å². The maximum Gasteiger partial charge on any atom is 0.262 e. The minimum absolute atomic E-state index is 0.326. The molecule has 3 heterocycles. The third-order valence-corrected chi connectivity index (χ3v) is 4.47. The number of aliphatic hydroxyl groups excluding tert-OH is 2. The van der Waals surface area contributed by atoms with E-state index >= 15 is 0 Å². The summed E-state index contributed by atoms with van der Waals surface area (Å²) in [6.45, 7) is -0.725. The lowest BCUT2D eigenvalue weighted by molar-refractivity contribution is 0.152. The number of aliphatic hydroxyl groups is 2. The van der Waals surface area contributed by atoms with Crippen LogP contribution in [0.25, 0.3) is 27.9 Å². The van der Waals surface area contributed by atoms with Crippen LogP contribution in [-0.4, -0.2) is 54.7 Å². The molecule has 0 radical (unpaired) electrons. The van der Waals surface area contributed by atoms with Crippen molar-refractivity contribution in [2.24, 2.45) is 0 Å². The van der Waals surface area contributed by atoms with Gasteiger partial charge in [0.15, 0.2) is 0 Å². The molecule has 0 aliphatic rings. The molecule has 0 spiro atoms. The van der Waals surface area contributed by atoms with Gasteiger partial charge in [0.1, 0.15) is 12.1 Å². The van der Waals surface area contributed by atoms with Gasteiger partial charge in [0.2, 0.25) is 0 Å². The summed E-state index contributed by atoms with van der Waals surface area (Å²) in [5, 5.41) is 23.5. The Bertz CT molecular complexity index is 1160. The van der Waals surface area contributed by atoms with Crippen molar-refractivity contribution in [3.63, 3.8) is 0 Å². The number of ether oxygens (including phenoxy) is 1. The smallest absolute Gasteiger partial charge is 0.262 e. The predicted octanol–water partition coefficient (Wildman–Crippen LogP) is 0.640. The zero-order valence-corrected chi connectivity index (χ0v) is 14.5. The zero-order chi connectivity index (χ0) is 19.0. The summed E-state index contributed by atoms with van der Waals surface area (Å²) in [6.07, 6.45) is 2.89. The normalized spacial score (nSPS) is 11.6. The fraction of sp³-hybridized carbons (Fsp3) is 0.222. The second-order valence-corrected chi connectivity index (χ2v) is 5.97. The summed E-state index contributed by atoms with van der Waals surface area (Å²) in [4.78, 5) is 21.7. The molecular weight excluding hydrogens is 350 g/mol. The van der Waals surface area contributed by atoms with Gasteiger partial charge in [-0.3, -0.25) is 4.79 Å². The van der Waals surface area contributed by atoms with Gasteiger partial charge in [-0.05, 0) is 30.3 Å². The Morgan fingerprint density at radius 3 is 2.56 bits per heavy atom. The van der Waals surface area contributed by atoms with E-state index < -0.39 is 6.04 Å². The number of methoxy groups -OCH3 is 1. The van der Waals surface area contributed by atoms with Gasteiger partial charge in [0, 0.05) is 11.8 Å².